The molecule has 0 fully saturated rings. The Hall–Kier alpha value is -1.17. The van der Waals surface area contributed by atoms with Gasteiger partial charge in [0.1, 0.15) is 9.84 Å². The first-order valence-electron chi connectivity index (χ1n) is 5.97. The molecule has 0 spiro atoms. The van der Waals surface area contributed by atoms with Crippen molar-refractivity contribution in [3.63, 3.8) is 0 Å². The third kappa shape index (κ3) is 3.54. The lowest BCUT2D eigenvalue weighted by Gasteiger charge is -2.13. The van der Waals surface area contributed by atoms with Gasteiger partial charge in [0.15, 0.2) is 15.8 Å². The number of hydrogen-bond acceptors (Lipinski definition) is 7. The molecule has 8 nitrogen and oxygen atoms in total. The fraction of sp³-hybridized carbons (Fsp3) is 0.500. The van der Waals surface area contributed by atoms with Gasteiger partial charge >= 0.3 is 0 Å². The number of imidazole rings is 1. The number of aromatic nitrogens is 2. The number of anilines is 1. The van der Waals surface area contributed by atoms with Crippen LogP contribution in [0.2, 0.25) is 0 Å². The van der Waals surface area contributed by atoms with Gasteiger partial charge in [0.05, 0.1) is 5.75 Å². The van der Waals surface area contributed by atoms with Crippen LogP contribution in [-0.2, 0) is 19.9 Å². The van der Waals surface area contributed by atoms with E-state index in [9.17, 15) is 16.8 Å². The summed E-state index contributed by atoms with van der Waals surface area (Å²) in [6, 6.07) is -0.737. The minimum atomic E-state index is -3.90. The van der Waals surface area contributed by atoms with E-state index in [-0.39, 0.29) is 16.6 Å². The van der Waals surface area contributed by atoms with Crippen molar-refractivity contribution in [2.75, 3.05) is 24.4 Å². The summed E-state index contributed by atoms with van der Waals surface area (Å²) in [5.41, 5.74) is 0. The molecule has 0 aromatic carbocycles. The van der Waals surface area contributed by atoms with Gasteiger partial charge in [-0.3, -0.25) is 4.40 Å². The molecule has 2 N–H and O–H groups in total. The van der Waals surface area contributed by atoms with Gasteiger partial charge in [0.25, 0.3) is 10.0 Å². The van der Waals surface area contributed by atoms with Crippen molar-refractivity contribution >= 4 is 42.0 Å². The second-order valence-electron chi connectivity index (χ2n) is 4.69. The van der Waals surface area contributed by atoms with Crippen LogP contribution in [0.5, 0.6) is 0 Å². The molecule has 0 saturated heterocycles. The smallest absolute Gasteiger partial charge is 0.260 e. The average molecular weight is 352 g/mol. The molecule has 11 heteroatoms. The molecule has 2 aromatic heterocycles. The summed E-state index contributed by atoms with van der Waals surface area (Å²) in [4.78, 5) is 4.71. The molecule has 0 saturated carbocycles. The Morgan fingerprint density at radius 2 is 2.05 bits per heavy atom. The topological polar surface area (TPSA) is 110 Å². The Labute approximate surface area is 127 Å². The van der Waals surface area contributed by atoms with Crippen LogP contribution in [0, 0.1) is 0 Å². The van der Waals surface area contributed by atoms with Gasteiger partial charge in [-0.15, -0.1) is 11.3 Å². The van der Waals surface area contributed by atoms with Gasteiger partial charge in [-0.25, -0.2) is 26.5 Å². The van der Waals surface area contributed by atoms with E-state index >= 15 is 0 Å². The normalized spacial score (nSPS) is 14.4. The first kappa shape index (κ1) is 16.2. The van der Waals surface area contributed by atoms with E-state index in [2.05, 4.69) is 15.0 Å². The molecule has 1 unspecified atom stereocenters. The lowest BCUT2D eigenvalue weighted by Crippen LogP contribution is -2.38. The summed E-state index contributed by atoms with van der Waals surface area (Å²) < 4.78 is 51.3. The maximum atomic E-state index is 12.5. The number of hydrogen-bond donors (Lipinski definition) is 2. The van der Waals surface area contributed by atoms with E-state index < -0.39 is 25.9 Å². The van der Waals surface area contributed by atoms with Crippen molar-refractivity contribution in [3.05, 3.63) is 11.6 Å². The Balaban J connectivity index is 2.40. The summed E-state index contributed by atoms with van der Waals surface area (Å²) in [5, 5.41) is 4.43. The first-order chi connectivity index (χ1) is 9.64. The lowest BCUT2D eigenvalue weighted by molar-refractivity contribution is 0.561. The predicted octanol–water partition coefficient (Wildman–Crippen LogP) is 0.149. The van der Waals surface area contributed by atoms with Crippen LogP contribution in [0.4, 0.5) is 5.82 Å². The van der Waals surface area contributed by atoms with Crippen LogP contribution in [0.25, 0.3) is 4.96 Å². The largest absolute Gasteiger partial charge is 0.371 e. The van der Waals surface area contributed by atoms with Crippen LogP contribution in [0.1, 0.15) is 6.92 Å². The van der Waals surface area contributed by atoms with Crippen molar-refractivity contribution in [2.24, 2.45) is 0 Å². The maximum absolute atomic E-state index is 12.5. The van der Waals surface area contributed by atoms with Gasteiger partial charge in [0, 0.05) is 30.9 Å². The summed E-state index contributed by atoms with van der Waals surface area (Å²) in [5.74, 6) is -0.0481. The lowest BCUT2D eigenvalue weighted by atomic mass is 10.4. The summed E-state index contributed by atoms with van der Waals surface area (Å²) in [7, 11) is -5.60. The Morgan fingerprint density at radius 3 is 2.62 bits per heavy atom. The van der Waals surface area contributed by atoms with Gasteiger partial charge < -0.3 is 5.32 Å². The minimum Gasteiger partial charge on any atom is -0.371 e. The van der Waals surface area contributed by atoms with Crippen LogP contribution in [0.15, 0.2) is 16.6 Å². The molecule has 2 heterocycles. The zero-order valence-corrected chi connectivity index (χ0v) is 14.1. The summed E-state index contributed by atoms with van der Waals surface area (Å²) >= 11 is 1.31. The van der Waals surface area contributed by atoms with Crippen LogP contribution in [0.3, 0.4) is 0 Å². The molecule has 2 aromatic rings. The van der Waals surface area contributed by atoms with Gasteiger partial charge in [-0.05, 0) is 6.92 Å². The van der Waals surface area contributed by atoms with Crippen molar-refractivity contribution < 1.29 is 16.8 Å². The SMILES string of the molecule is CNc1nc2sccn2c1S(=O)(=O)NC(C)CS(C)(=O)=O. The number of thiazole rings is 1. The van der Waals surface area contributed by atoms with E-state index in [0.29, 0.717) is 4.96 Å². The summed E-state index contributed by atoms with van der Waals surface area (Å²) in [6.45, 7) is 1.50. The van der Waals surface area contributed by atoms with Gasteiger partial charge in [0.2, 0.25) is 0 Å². The van der Waals surface area contributed by atoms with E-state index in [1.54, 1.807) is 18.6 Å². The Morgan fingerprint density at radius 1 is 1.38 bits per heavy atom. The number of nitrogens with one attached hydrogen (secondary N) is 2. The molecule has 0 bridgehead atoms. The van der Waals surface area contributed by atoms with Crippen molar-refractivity contribution in [3.8, 4) is 0 Å². The van der Waals surface area contributed by atoms with Crippen LogP contribution in [-0.4, -0.2) is 51.3 Å². The Bertz CT molecular complexity index is 850. The molecule has 0 aliphatic rings. The molecule has 0 aliphatic carbocycles. The fourth-order valence-electron chi connectivity index (χ4n) is 1.99. The minimum absolute atomic E-state index is 0.0263. The maximum Gasteiger partial charge on any atom is 0.260 e. The third-order valence-electron chi connectivity index (χ3n) is 2.62. The van der Waals surface area contributed by atoms with Gasteiger partial charge in [-0.2, -0.15) is 0 Å². The monoisotopic (exact) mass is 352 g/mol. The number of sulfone groups is 1. The number of fused-ring (bicyclic) bond motifs is 1. The zero-order valence-electron chi connectivity index (χ0n) is 11.7. The third-order valence-corrected chi connectivity index (χ3v) is 6.09. The molecule has 21 heavy (non-hydrogen) atoms. The average Bonchev–Trinajstić information content (AvgIpc) is 2.82. The van der Waals surface area contributed by atoms with Gasteiger partial charge in [-0.1, -0.05) is 0 Å². The van der Waals surface area contributed by atoms with Crippen LogP contribution >= 0.6 is 11.3 Å². The van der Waals surface area contributed by atoms with E-state index in [0.717, 1.165) is 6.26 Å². The molecule has 118 valence electrons. The highest BCUT2D eigenvalue weighted by Gasteiger charge is 2.27. The Kier molecular flexibility index (Phi) is 4.29. The van der Waals surface area contributed by atoms with E-state index in [4.69, 9.17) is 0 Å². The van der Waals surface area contributed by atoms with Crippen molar-refractivity contribution in [2.45, 2.75) is 18.0 Å². The predicted molar refractivity (Wildman–Crippen MR) is 82.1 cm³/mol. The number of sulfonamides is 1. The van der Waals surface area contributed by atoms with Crippen molar-refractivity contribution in [1.29, 1.82) is 0 Å². The standard InChI is InChI=1S/C10H16N4O4S3/c1-7(6-20(3,15)16)13-21(17,18)9-8(11-2)12-10-14(9)4-5-19-10/h4-5,7,11,13H,6H2,1-3H3. The molecule has 0 radical (unpaired) electrons. The number of rotatable bonds is 6. The number of nitrogens with zero attached hydrogens (tertiary/aromatic N) is 2. The fourth-order valence-corrected chi connectivity index (χ4v) is 5.40. The first-order valence-corrected chi connectivity index (χ1v) is 10.4. The second-order valence-corrected chi connectivity index (χ2v) is 9.37. The highest BCUT2D eigenvalue weighted by atomic mass is 32.2. The van der Waals surface area contributed by atoms with E-state index in [1.165, 1.54) is 22.7 Å². The molecule has 0 amide bonds. The van der Waals surface area contributed by atoms with E-state index in [1.807, 2.05) is 0 Å². The summed E-state index contributed by atoms with van der Waals surface area (Å²) in [6.07, 6.45) is 2.66. The van der Waals surface area contributed by atoms with Crippen LogP contribution < -0.4 is 10.0 Å². The highest BCUT2D eigenvalue weighted by molar-refractivity contribution is 7.91. The molecular weight excluding hydrogens is 336 g/mol. The molecule has 0 aliphatic heterocycles. The second kappa shape index (κ2) is 5.55. The quantitative estimate of drug-likeness (QED) is 0.766. The van der Waals surface area contributed by atoms with Crippen molar-refractivity contribution in [1.82, 2.24) is 14.1 Å². The molecular formula is C10H16N4O4S3. The molecule has 1 atom stereocenters. The molecule has 2 rings (SSSR count). The zero-order chi connectivity index (χ0) is 15.8. The highest BCUT2D eigenvalue weighted by Crippen LogP contribution is 2.25.